The van der Waals surface area contributed by atoms with Crippen LogP contribution in [0.4, 0.5) is 10.5 Å². The number of amides is 4. The highest BCUT2D eigenvalue weighted by Gasteiger charge is 2.37. The molecular weight excluding hydrogens is 578 g/mol. The zero-order valence-electron chi connectivity index (χ0n) is 22.0. The summed E-state index contributed by atoms with van der Waals surface area (Å²) in [5.74, 6) is -1.41. The minimum atomic E-state index is -0.771. The monoisotopic (exact) mass is 601 g/mol. The standard InChI is InChI=1S/C34H24BrN3O3/c1-22-10-8-9-15-29(22)38-33(40)28(32(39)36-34(38)41)20-25-21-30(23-11-4-2-5-12-23)37(27-18-16-26(35)17-19-27)31(25)24-13-6-3-7-14-24/h2-21H,1H3,(H,36,39,41)/b28-20-. The average molecular weight is 602 g/mol. The number of carbonyl (C=O) groups excluding carboxylic acids is 3. The van der Waals surface area contributed by atoms with Gasteiger partial charge in [0.05, 0.1) is 17.1 Å². The van der Waals surface area contributed by atoms with Crippen molar-refractivity contribution in [2.75, 3.05) is 4.90 Å². The summed E-state index contributed by atoms with van der Waals surface area (Å²) in [6.07, 6.45) is 1.58. The number of urea groups is 1. The predicted molar refractivity (Wildman–Crippen MR) is 165 cm³/mol. The van der Waals surface area contributed by atoms with Crippen LogP contribution in [0.25, 0.3) is 34.3 Å². The van der Waals surface area contributed by atoms with E-state index < -0.39 is 17.8 Å². The van der Waals surface area contributed by atoms with Crippen molar-refractivity contribution in [1.29, 1.82) is 0 Å². The fourth-order valence-electron chi connectivity index (χ4n) is 5.06. The summed E-state index contributed by atoms with van der Waals surface area (Å²) in [5, 5.41) is 2.35. The second-order valence-corrected chi connectivity index (χ2v) is 10.5. The number of benzene rings is 4. The van der Waals surface area contributed by atoms with Gasteiger partial charge in [-0.1, -0.05) is 94.8 Å². The van der Waals surface area contributed by atoms with E-state index in [1.54, 1.807) is 18.2 Å². The first-order chi connectivity index (χ1) is 19.9. The molecule has 1 aromatic heterocycles. The van der Waals surface area contributed by atoms with Gasteiger partial charge in [-0.15, -0.1) is 0 Å². The average Bonchev–Trinajstić information content (AvgIpc) is 3.36. The predicted octanol–water partition coefficient (Wildman–Crippen LogP) is 7.55. The van der Waals surface area contributed by atoms with Gasteiger partial charge in [0.1, 0.15) is 5.57 Å². The van der Waals surface area contributed by atoms with Gasteiger partial charge in [0.25, 0.3) is 11.8 Å². The fraction of sp³-hybridized carbons (Fsp3) is 0.0294. The van der Waals surface area contributed by atoms with Gasteiger partial charge >= 0.3 is 6.03 Å². The molecule has 1 aliphatic rings. The molecule has 0 unspecified atom stereocenters. The largest absolute Gasteiger partial charge is 0.335 e. The molecule has 200 valence electrons. The van der Waals surface area contributed by atoms with Crippen LogP contribution >= 0.6 is 15.9 Å². The van der Waals surface area contributed by atoms with Crippen LogP contribution in [0.5, 0.6) is 0 Å². The first kappa shape index (κ1) is 26.2. The number of para-hydroxylation sites is 1. The van der Waals surface area contributed by atoms with Crippen molar-refractivity contribution < 1.29 is 14.4 Å². The zero-order chi connectivity index (χ0) is 28.5. The summed E-state index contributed by atoms with van der Waals surface area (Å²) in [4.78, 5) is 40.8. The molecule has 1 fully saturated rings. The van der Waals surface area contributed by atoms with Gasteiger partial charge in [0.2, 0.25) is 0 Å². The van der Waals surface area contributed by atoms with Crippen LogP contribution in [0.1, 0.15) is 11.1 Å². The number of nitrogens with one attached hydrogen (secondary N) is 1. The molecule has 1 aliphatic heterocycles. The Balaban J connectivity index is 1.61. The topological polar surface area (TPSA) is 71.4 Å². The lowest BCUT2D eigenvalue weighted by Crippen LogP contribution is -2.54. The Hall–Kier alpha value is -5.01. The van der Waals surface area contributed by atoms with Gasteiger partial charge in [-0.25, -0.2) is 9.69 Å². The zero-order valence-corrected chi connectivity index (χ0v) is 23.6. The van der Waals surface area contributed by atoms with E-state index in [0.717, 1.165) is 43.1 Å². The third-order valence-electron chi connectivity index (χ3n) is 6.99. The van der Waals surface area contributed by atoms with E-state index in [4.69, 9.17) is 0 Å². The molecule has 1 saturated heterocycles. The lowest BCUT2D eigenvalue weighted by Gasteiger charge is -2.27. The molecule has 0 atom stereocenters. The smallest absolute Gasteiger partial charge is 0.309 e. The molecule has 41 heavy (non-hydrogen) atoms. The van der Waals surface area contributed by atoms with E-state index >= 15 is 0 Å². The van der Waals surface area contributed by atoms with Gasteiger partial charge in [-0.3, -0.25) is 14.9 Å². The highest BCUT2D eigenvalue weighted by Crippen LogP contribution is 2.38. The molecule has 4 aromatic carbocycles. The first-order valence-electron chi connectivity index (χ1n) is 13.0. The summed E-state index contributed by atoms with van der Waals surface area (Å²) in [5.41, 5.74) is 6.16. The highest BCUT2D eigenvalue weighted by atomic mass is 79.9. The minimum Gasteiger partial charge on any atom is -0.309 e. The number of carbonyl (C=O) groups is 3. The summed E-state index contributed by atoms with van der Waals surface area (Å²) in [6.45, 7) is 1.81. The summed E-state index contributed by atoms with van der Waals surface area (Å²) in [7, 11) is 0. The molecule has 0 saturated carbocycles. The molecule has 4 amide bonds. The van der Waals surface area contributed by atoms with E-state index in [1.807, 2.05) is 110 Å². The Bertz CT molecular complexity index is 1820. The number of anilines is 1. The number of barbiturate groups is 1. The maximum atomic E-state index is 13.8. The van der Waals surface area contributed by atoms with Crippen LogP contribution in [0.15, 0.2) is 125 Å². The highest BCUT2D eigenvalue weighted by molar-refractivity contribution is 9.10. The van der Waals surface area contributed by atoms with Gasteiger partial charge in [-0.2, -0.15) is 0 Å². The van der Waals surface area contributed by atoms with Crippen LogP contribution in [0, 0.1) is 6.92 Å². The summed E-state index contributed by atoms with van der Waals surface area (Å²) in [6, 6.07) is 36.0. The molecule has 7 heteroatoms. The van der Waals surface area contributed by atoms with Crippen LogP contribution < -0.4 is 10.2 Å². The van der Waals surface area contributed by atoms with Gasteiger partial charge in [0.15, 0.2) is 0 Å². The van der Waals surface area contributed by atoms with Gasteiger partial charge in [-0.05, 0) is 66.1 Å². The van der Waals surface area contributed by atoms with Crippen molar-refractivity contribution in [1.82, 2.24) is 9.88 Å². The Morgan fingerprint density at radius 3 is 2.00 bits per heavy atom. The van der Waals surface area contributed by atoms with E-state index in [1.165, 1.54) is 0 Å². The molecule has 1 N–H and O–H groups in total. The molecule has 5 aromatic rings. The Labute approximate surface area is 245 Å². The Morgan fingerprint density at radius 1 is 0.732 bits per heavy atom. The number of hydrogen-bond donors (Lipinski definition) is 1. The number of halogens is 1. The first-order valence-corrected chi connectivity index (χ1v) is 13.8. The quantitative estimate of drug-likeness (QED) is 0.167. The number of hydrogen-bond acceptors (Lipinski definition) is 3. The van der Waals surface area contributed by atoms with E-state index in [-0.39, 0.29) is 5.57 Å². The Morgan fingerprint density at radius 2 is 1.34 bits per heavy atom. The minimum absolute atomic E-state index is 0.127. The molecule has 0 spiro atoms. The molecule has 6 rings (SSSR count). The number of aromatic nitrogens is 1. The maximum absolute atomic E-state index is 13.8. The third-order valence-corrected chi connectivity index (χ3v) is 7.52. The van der Waals surface area contributed by atoms with E-state index in [0.29, 0.717) is 11.3 Å². The lowest BCUT2D eigenvalue weighted by atomic mass is 10.0. The van der Waals surface area contributed by atoms with Crippen molar-refractivity contribution in [2.24, 2.45) is 0 Å². The van der Waals surface area contributed by atoms with Crippen LogP contribution in [0.3, 0.4) is 0 Å². The van der Waals surface area contributed by atoms with Crippen molar-refractivity contribution in [3.8, 4) is 28.2 Å². The molecule has 0 aliphatic carbocycles. The lowest BCUT2D eigenvalue weighted by molar-refractivity contribution is -0.122. The maximum Gasteiger partial charge on any atom is 0.335 e. The molecule has 6 nitrogen and oxygen atoms in total. The Kier molecular flexibility index (Phi) is 6.95. The van der Waals surface area contributed by atoms with Crippen molar-refractivity contribution in [3.63, 3.8) is 0 Å². The van der Waals surface area contributed by atoms with Crippen molar-refractivity contribution in [3.05, 3.63) is 136 Å². The summed E-state index contributed by atoms with van der Waals surface area (Å²) < 4.78 is 3.07. The second-order valence-electron chi connectivity index (χ2n) is 9.62. The SMILES string of the molecule is Cc1ccccc1N1C(=O)NC(=O)/C(=C/c2cc(-c3ccccc3)n(-c3ccc(Br)cc3)c2-c2ccccc2)C1=O. The van der Waals surface area contributed by atoms with Crippen LogP contribution in [0.2, 0.25) is 0 Å². The van der Waals surface area contributed by atoms with Gasteiger partial charge in [0, 0.05) is 15.7 Å². The van der Waals surface area contributed by atoms with E-state index in [2.05, 4.69) is 25.8 Å². The molecule has 0 bridgehead atoms. The van der Waals surface area contributed by atoms with Crippen molar-refractivity contribution in [2.45, 2.75) is 6.92 Å². The molecular formula is C34H24BrN3O3. The third kappa shape index (κ3) is 4.92. The number of rotatable bonds is 5. The number of aryl methyl sites for hydroxylation is 1. The number of imide groups is 2. The normalized spacial score (nSPS) is 14.4. The summed E-state index contributed by atoms with van der Waals surface area (Å²) >= 11 is 3.53. The van der Waals surface area contributed by atoms with Gasteiger partial charge < -0.3 is 4.57 Å². The molecule has 0 radical (unpaired) electrons. The molecule has 2 heterocycles. The van der Waals surface area contributed by atoms with Crippen LogP contribution in [-0.2, 0) is 9.59 Å². The number of nitrogens with zero attached hydrogens (tertiary/aromatic N) is 2. The second kappa shape index (κ2) is 10.9. The fourth-order valence-corrected chi connectivity index (χ4v) is 5.32. The van der Waals surface area contributed by atoms with Crippen molar-refractivity contribution >= 4 is 45.5 Å². The van der Waals surface area contributed by atoms with Crippen LogP contribution in [-0.4, -0.2) is 22.4 Å². The van der Waals surface area contributed by atoms with E-state index in [9.17, 15) is 14.4 Å².